The molecule has 3 heteroatoms. The van der Waals surface area contributed by atoms with Crippen molar-refractivity contribution in [2.24, 2.45) is 0 Å². The van der Waals surface area contributed by atoms with Gasteiger partial charge in [-0.25, -0.2) is 4.79 Å². The van der Waals surface area contributed by atoms with Crippen molar-refractivity contribution in [3.05, 3.63) is 22.4 Å². The summed E-state index contributed by atoms with van der Waals surface area (Å²) >= 11 is 0. The number of fused-ring (bicyclic) bond motifs is 1. The molecular weight excluding hydrogens is 140 g/mol. The lowest BCUT2D eigenvalue weighted by Gasteiger charge is -2.19. The van der Waals surface area contributed by atoms with Gasteiger partial charge < -0.3 is 4.98 Å². The van der Waals surface area contributed by atoms with Crippen LogP contribution in [0, 0.1) is 0 Å². The maximum Gasteiger partial charge on any atom is 0.325 e. The molecule has 1 unspecified atom stereocenters. The van der Waals surface area contributed by atoms with E-state index in [4.69, 9.17) is 0 Å². The molecule has 1 N–H and O–H groups in total. The molecule has 3 nitrogen and oxygen atoms in total. The minimum atomic E-state index is 0.0477. The molecule has 60 valence electrons. The molecule has 0 fully saturated rings. The SMILES string of the molecule is CC1CCCn2c1c[nH]c2=O. The number of rotatable bonds is 0. The first kappa shape index (κ1) is 6.70. The van der Waals surface area contributed by atoms with Crippen LogP contribution in [0.3, 0.4) is 0 Å². The lowest BCUT2D eigenvalue weighted by Crippen LogP contribution is -2.23. The van der Waals surface area contributed by atoms with E-state index in [1.807, 2.05) is 10.8 Å². The number of aromatic amines is 1. The lowest BCUT2D eigenvalue weighted by atomic mass is 9.99. The van der Waals surface area contributed by atoms with Crippen LogP contribution >= 0.6 is 0 Å². The summed E-state index contributed by atoms with van der Waals surface area (Å²) in [5.74, 6) is 0.544. The van der Waals surface area contributed by atoms with E-state index in [2.05, 4.69) is 11.9 Å². The Morgan fingerprint density at radius 2 is 2.55 bits per heavy atom. The van der Waals surface area contributed by atoms with Crippen molar-refractivity contribution in [2.45, 2.75) is 32.2 Å². The molecule has 0 saturated heterocycles. The van der Waals surface area contributed by atoms with Gasteiger partial charge in [-0.3, -0.25) is 4.57 Å². The molecule has 0 aromatic carbocycles. The Balaban J connectivity index is 2.55. The third-order valence-corrected chi connectivity index (χ3v) is 2.42. The fourth-order valence-electron chi connectivity index (χ4n) is 1.75. The molecule has 0 aliphatic carbocycles. The van der Waals surface area contributed by atoms with E-state index >= 15 is 0 Å². The van der Waals surface area contributed by atoms with Gasteiger partial charge in [0.25, 0.3) is 0 Å². The van der Waals surface area contributed by atoms with Crippen molar-refractivity contribution in [3.8, 4) is 0 Å². The van der Waals surface area contributed by atoms with Gasteiger partial charge in [-0.2, -0.15) is 0 Å². The normalized spacial score (nSPS) is 23.2. The molecular formula is C8H12N2O. The van der Waals surface area contributed by atoms with E-state index in [9.17, 15) is 4.79 Å². The van der Waals surface area contributed by atoms with E-state index in [1.165, 1.54) is 12.1 Å². The first-order valence-corrected chi connectivity index (χ1v) is 4.07. The highest BCUT2D eigenvalue weighted by Gasteiger charge is 2.17. The summed E-state index contributed by atoms with van der Waals surface area (Å²) in [7, 11) is 0. The number of aromatic nitrogens is 2. The van der Waals surface area contributed by atoms with Gasteiger partial charge in [0.15, 0.2) is 0 Å². The Morgan fingerprint density at radius 3 is 3.27 bits per heavy atom. The summed E-state index contributed by atoms with van der Waals surface area (Å²) < 4.78 is 1.84. The predicted molar refractivity (Wildman–Crippen MR) is 42.7 cm³/mol. The molecule has 1 aliphatic heterocycles. The molecule has 0 amide bonds. The molecule has 1 aromatic heterocycles. The molecule has 0 radical (unpaired) electrons. The summed E-state index contributed by atoms with van der Waals surface area (Å²) in [6, 6.07) is 0. The van der Waals surface area contributed by atoms with E-state index in [-0.39, 0.29) is 5.69 Å². The first-order chi connectivity index (χ1) is 5.29. The molecule has 1 aromatic rings. The van der Waals surface area contributed by atoms with Crippen LogP contribution in [0.4, 0.5) is 0 Å². The second kappa shape index (κ2) is 2.26. The zero-order chi connectivity index (χ0) is 7.84. The van der Waals surface area contributed by atoms with Crippen molar-refractivity contribution in [1.29, 1.82) is 0 Å². The van der Waals surface area contributed by atoms with E-state index in [1.54, 1.807) is 0 Å². The Bertz CT molecular complexity index is 310. The van der Waals surface area contributed by atoms with E-state index in [0.29, 0.717) is 5.92 Å². The largest absolute Gasteiger partial charge is 0.325 e. The standard InChI is InChI=1S/C8H12N2O/c1-6-3-2-4-10-7(6)5-9-8(10)11/h5-6H,2-4H2,1H3,(H,9,11). The second-order valence-electron chi connectivity index (χ2n) is 3.21. The summed E-state index contributed by atoms with van der Waals surface area (Å²) in [5, 5.41) is 0. The maximum absolute atomic E-state index is 11.1. The molecule has 0 bridgehead atoms. The number of H-pyrrole nitrogens is 1. The van der Waals surface area contributed by atoms with Crippen LogP contribution < -0.4 is 5.69 Å². The van der Waals surface area contributed by atoms with E-state index < -0.39 is 0 Å². The number of nitrogens with zero attached hydrogens (tertiary/aromatic N) is 1. The third kappa shape index (κ3) is 0.914. The van der Waals surface area contributed by atoms with Crippen LogP contribution in [-0.2, 0) is 6.54 Å². The minimum Gasteiger partial charge on any atom is -0.312 e. The monoisotopic (exact) mass is 152 g/mol. The average Bonchev–Trinajstić information content (AvgIpc) is 2.35. The van der Waals surface area contributed by atoms with Crippen molar-refractivity contribution < 1.29 is 0 Å². The number of imidazole rings is 1. The number of hydrogen-bond acceptors (Lipinski definition) is 1. The Morgan fingerprint density at radius 1 is 1.73 bits per heavy atom. The van der Waals surface area contributed by atoms with Crippen molar-refractivity contribution in [1.82, 2.24) is 9.55 Å². The van der Waals surface area contributed by atoms with Gasteiger partial charge in [0.1, 0.15) is 0 Å². The molecule has 0 saturated carbocycles. The van der Waals surface area contributed by atoms with Crippen LogP contribution in [-0.4, -0.2) is 9.55 Å². The van der Waals surface area contributed by atoms with Gasteiger partial charge in [-0.05, 0) is 18.8 Å². The van der Waals surface area contributed by atoms with Gasteiger partial charge in [0, 0.05) is 18.4 Å². The van der Waals surface area contributed by atoms with Gasteiger partial charge in [0.05, 0.1) is 0 Å². The highest BCUT2D eigenvalue weighted by atomic mass is 16.1. The molecule has 0 spiro atoms. The highest BCUT2D eigenvalue weighted by molar-refractivity contribution is 5.07. The summed E-state index contributed by atoms with van der Waals surface area (Å²) in [4.78, 5) is 13.8. The minimum absolute atomic E-state index is 0.0477. The average molecular weight is 152 g/mol. The van der Waals surface area contributed by atoms with Crippen molar-refractivity contribution in [3.63, 3.8) is 0 Å². The van der Waals surface area contributed by atoms with Gasteiger partial charge in [-0.1, -0.05) is 6.92 Å². The quantitative estimate of drug-likeness (QED) is 0.593. The third-order valence-electron chi connectivity index (χ3n) is 2.42. The predicted octanol–water partition coefficient (Wildman–Crippen LogP) is 1.07. The molecule has 1 atom stereocenters. The van der Waals surface area contributed by atoms with E-state index in [0.717, 1.165) is 13.0 Å². The van der Waals surface area contributed by atoms with Crippen LogP contribution in [0.1, 0.15) is 31.4 Å². The van der Waals surface area contributed by atoms with Crippen LogP contribution in [0.2, 0.25) is 0 Å². The molecule has 2 heterocycles. The highest BCUT2D eigenvalue weighted by Crippen LogP contribution is 2.23. The Kier molecular flexibility index (Phi) is 1.37. The fourth-order valence-corrected chi connectivity index (χ4v) is 1.75. The summed E-state index contributed by atoms with van der Waals surface area (Å²) in [6.45, 7) is 3.06. The lowest BCUT2D eigenvalue weighted by molar-refractivity contribution is 0.466. The Labute approximate surface area is 65.1 Å². The van der Waals surface area contributed by atoms with Crippen molar-refractivity contribution in [2.75, 3.05) is 0 Å². The second-order valence-corrected chi connectivity index (χ2v) is 3.21. The van der Waals surface area contributed by atoms with Crippen molar-refractivity contribution >= 4 is 0 Å². The zero-order valence-corrected chi connectivity index (χ0v) is 6.63. The van der Waals surface area contributed by atoms with Gasteiger partial charge in [0.2, 0.25) is 0 Å². The summed E-state index contributed by atoms with van der Waals surface area (Å²) in [5.41, 5.74) is 1.22. The number of nitrogens with one attached hydrogen (secondary N) is 1. The zero-order valence-electron chi connectivity index (χ0n) is 6.63. The molecule has 1 aliphatic rings. The van der Waals surface area contributed by atoms with Crippen LogP contribution in [0.15, 0.2) is 11.0 Å². The van der Waals surface area contributed by atoms with Crippen LogP contribution in [0.25, 0.3) is 0 Å². The van der Waals surface area contributed by atoms with Gasteiger partial charge in [-0.15, -0.1) is 0 Å². The topological polar surface area (TPSA) is 37.8 Å². The number of hydrogen-bond donors (Lipinski definition) is 1. The molecule has 11 heavy (non-hydrogen) atoms. The van der Waals surface area contributed by atoms with Gasteiger partial charge >= 0.3 is 5.69 Å². The maximum atomic E-state index is 11.1. The smallest absolute Gasteiger partial charge is 0.312 e. The molecule has 2 rings (SSSR count). The Hall–Kier alpha value is -0.990. The first-order valence-electron chi connectivity index (χ1n) is 4.07. The fraction of sp³-hybridized carbons (Fsp3) is 0.625. The summed E-state index contributed by atoms with van der Waals surface area (Å²) in [6.07, 6.45) is 4.18. The van der Waals surface area contributed by atoms with Crippen LogP contribution in [0.5, 0.6) is 0 Å².